The third-order valence-corrected chi connectivity index (χ3v) is 4.67. The first-order valence-corrected chi connectivity index (χ1v) is 7.95. The lowest BCUT2D eigenvalue weighted by atomic mass is 10.1. The van der Waals surface area contributed by atoms with Gasteiger partial charge < -0.3 is 5.32 Å². The molecule has 0 aliphatic carbocycles. The smallest absolute Gasteiger partial charge is 0.262 e. The van der Waals surface area contributed by atoms with Crippen LogP contribution in [-0.4, -0.2) is 25.4 Å². The van der Waals surface area contributed by atoms with Crippen LogP contribution in [0, 0.1) is 13.8 Å². The van der Waals surface area contributed by atoms with E-state index in [0.717, 1.165) is 16.7 Å². The number of sulfonamides is 1. The molecular formula is C14H18N4O2S. The van der Waals surface area contributed by atoms with E-state index in [9.17, 15) is 8.42 Å². The van der Waals surface area contributed by atoms with Crippen molar-refractivity contribution in [1.82, 2.24) is 15.3 Å². The topological polar surface area (TPSA) is 84.0 Å². The molecule has 2 N–H and O–H groups in total. The lowest BCUT2D eigenvalue weighted by Gasteiger charge is -2.14. The van der Waals surface area contributed by atoms with Gasteiger partial charge in [0.2, 0.25) is 0 Å². The van der Waals surface area contributed by atoms with E-state index in [-0.39, 0.29) is 4.90 Å². The minimum Gasteiger partial charge on any atom is -0.316 e. The number of hydrogen-bond acceptors (Lipinski definition) is 5. The Morgan fingerprint density at radius 2 is 1.81 bits per heavy atom. The molecule has 21 heavy (non-hydrogen) atoms. The van der Waals surface area contributed by atoms with Crippen LogP contribution >= 0.6 is 0 Å². The number of aryl methyl sites for hydroxylation is 1. The highest BCUT2D eigenvalue weighted by molar-refractivity contribution is 7.92. The molecule has 0 saturated carbocycles. The fourth-order valence-electron chi connectivity index (χ4n) is 2.05. The Morgan fingerprint density at radius 1 is 1.14 bits per heavy atom. The first kappa shape index (κ1) is 15.4. The maximum Gasteiger partial charge on any atom is 0.262 e. The SMILES string of the molecule is CNCc1cc(C)c(C)c(S(=O)(=O)Nc2cncnc2)c1. The molecule has 0 bridgehead atoms. The molecule has 0 spiro atoms. The zero-order valence-corrected chi connectivity index (χ0v) is 13.0. The average molecular weight is 306 g/mol. The van der Waals surface area contributed by atoms with Crippen LogP contribution in [0.2, 0.25) is 0 Å². The second-order valence-electron chi connectivity index (χ2n) is 4.80. The first-order chi connectivity index (χ1) is 9.94. The summed E-state index contributed by atoms with van der Waals surface area (Å²) in [6.45, 7) is 4.31. The third kappa shape index (κ3) is 3.56. The Balaban J connectivity index is 2.44. The van der Waals surface area contributed by atoms with E-state index in [1.165, 1.54) is 18.7 Å². The summed E-state index contributed by atoms with van der Waals surface area (Å²) < 4.78 is 27.6. The average Bonchev–Trinajstić information content (AvgIpc) is 2.43. The Labute approximate surface area is 124 Å². The number of nitrogens with one attached hydrogen (secondary N) is 2. The molecule has 1 heterocycles. The van der Waals surface area contributed by atoms with Gasteiger partial charge in [-0.2, -0.15) is 0 Å². The van der Waals surface area contributed by atoms with E-state index in [2.05, 4.69) is 20.0 Å². The zero-order valence-electron chi connectivity index (χ0n) is 12.2. The largest absolute Gasteiger partial charge is 0.316 e. The molecule has 0 amide bonds. The summed E-state index contributed by atoms with van der Waals surface area (Å²) in [6, 6.07) is 3.67. The van der Waals surface area contributed by atoms with Gasteiger partial charge in [0.15, 0.2) is 0 Å². The van der Waals surface area contributed by atoms with Gasteiger partial charge in [0.25, 0.3) is 10.0 Å². The molecule has 1 aromatic carbocycles. The van der Waals surface area contributed by atoms with Gasteiger partial charge in [-0.25, -0.2) is 18.4 Å². The summed E-state index contributed by atoms with van der Waals surface area (Å²) in [7, 11) is -1.84. The van der Waals surface area contributed by atoms with Crippen LogP contribution in [0.5, 0.6) is 0 Å². The minimum absolute atomic E-state index is 0.275. The molecule has 0 radical (unpaired) electrons. The second-order valence-corrected chi connectivity index (χ2v) is 6.45. The van der Waals surface area contributed by atoms with Crippen LogP contribution in [0.25, 0.3) is 0 Å². The predicted octanol–water partition coefficient (Wildman–Crippen LogP) is 1.61. The van der Waals surface area contributed by atoms with Crippen molar-refractivity contribution >= 4 is 15.7 Å². The number of rotatable bonds is 5. The molecule has 0 fully saturated rings. The molecule has 0 unspecified atom stereocenters. The molecule has 6 nitrogen and oxygen atoms in total. The summed E-state index contributed by atoms with van der Waals surface area (Å²) in [5.41, 5.74) is 2.94. The van der Waals surface area contributed by atoms with Crippen LogP contribution < -0.4 is 10.0 Å². The number of hydrogen-bond donors (Lipinski definition) is 2. The van der Waals surface area contributed by atoms with Gasteiger partial charge in [0.1, 0.15) is 6.33 Å². The van der Waals surface area contributed by atoms with Crippen molar-refractivity contribution in [1.29, 1.82) is 0 Å². The molecule has 1 aromatic heterocycles. The fraction of sp³-hybridized carbons (Fsp3) is 0.286. The van der Waals surface area contributed by atoms with Gasteiger partial charge in [-0.3, -0.25) is 4.72 Å². The van der Waals surface area contributed by atoms with Gasteiger partial charge >= 0.3 is 0 Å². The van der Waals surface area contributed by atoms with E-state index in [1.807, 2.05) is 20.0 Å². The monoisotopic (exact) mass is 306 g/mol. The van der Waals surface area contributed by atoms with Crippen LogP contribution in [0.15, 0.2) is 35.7 Å². The highest BCUT2D eigenvalue weighted by atomic mass is 32.2. The second kappa shape index (κ2) is 6.19. The predicted molar refractivity (Wildman–Crippen MR) is 81.5 cm³/mol. The maximum atomic E-state index is 12.5. The Kier molecular flexibility index (Phi) is 4.54. The van der Waals surface area contributed by atoms with Gasteiger partial charge in [-0.15, -0.1) is 0 Å². The zero-order chi connectivity index (χ0) is 15.5. The van der Waals surface area contributed by atoms with Crippen molar-refractivity contribution in [2.24, 2.45) is 0 Å². The normalized spacial score (nSPS) is 11.4. The molecule has 0 saturated heterocycles. The highest BCUT2D eigenvalue weighted by Gasteiger charge is 2.19. The summed E-state index contributed by atoms with van der Waals surface area (Å²) in [6.07, 6.45) is 4.19. The van der Waals surface area contributed by atoms with Crippen molar-refractivity contribution < 1.29 is 8.42 Å². The van der Waals surface area contributed by atoms with Crippen molar-refractivity contribution in [3.63, 3.8) is 0 Å². The van der Waals surface area contributed by atoms with Crippen molar-refractivity contribution in [2.75, 3.05) is 11.8 Å². The molecule has 7 heteroatoms. The summed E-state index contributed by atoms with van der Waals surface area (Å²) in [4.78, 5) is 7.88. The standard InChI is InChI=1S/C14H18N4O2S/c1-10-4-12(6-15-3)5-14(11(10)2)21(19,20)18-13-7-16-9-17-8-13/h4-5,7-9,15,18H,6H2,1-3H3. The quantitative estimate of drug-likeness (QED) is 0.877. The summed E-state index contributed by atoms with van der Waals surface area (Å²) in [5.74, 6) is 0. The number of anilines is 1. The molecule has 0 aliphatic rings. The van der Waals surface area contributed by atoms with E-state index in [0.29, 0.717) is 12.2 Å². The van der Waals surface area contributed by atoms with Gasteiger partial charge in [-0.05, 0) is 43.7 Å². The Hall–Kier alpha value is -1.99. The van der Waals surface area contributed by atoms with Gasteiger partial charge in [0.05, 0.1) is 23.0 Å². The van der Waals surface area contributed by atoms with Crippen molar-refractivity contribution in [3.8, 4) is 0 Å². The van der Waals surface area contributed by atoms with E-state index in [4.69, 9.17) is 0 Å². The van der Waals surface area contributed by atoms with Crippen LogP contribution in [0.4, 0.5) is 5.69 Å². The number of benzene rings is 1. The lowest BCUT2D eigenvalue weighted by molar-refractivity contribution is 0.600. The third-order valence-electron chi connectivity index (χ3n) is 3.16. The molecular weight excluding hydrogens is 288 g/mol. The summed E-state index contributed by atoms with van der Waals surface area (Å²) >= 11 is 0. The summed E-state index contributed by atoms with van der Waals surface area (Å²) in [5, 5.41) is 3.02. The first-order valence-electron chi connectivity index (χ1n) is 6.46. The molecule has 2 aromatic rings. The van der Waals surface area contributed by atoms with Crippen LogP contribution in [0.1, 0.15) is 16.7 Å². The van der Waals surface area contributed by atoms with Crippen molar-refractivity contribution in [3.05, 3.63) is 47.5 Å². The lowest BCUT2D eigenvalue weighted by Crippen LogP contribution is -2.16. The van der Waals surface area contributed by atoms with Crippen LogP contribution in [0.3, 0.4) is 0 Å². The number of aromatic nitrogens is 2. The Morgan fingerprint density at radius 3 is 2.43 bits per heavy atom. The molecule has 0 aliphatic heterocycles. The van der Waals surface area contributed by atoms with Gasteiger partial charge in [-0.1, -0.05) is 6.07 Å². The Bertz CT molecular complexity index is 730. The maximum absolute atomic E-state index is 12.5. The highest BCUT2D eigenvalue weighted by Crippen LogP contribution is 2.23. The fourth-order valence-corrected chi connectivity index (χ4v) is 3.44. The van der Waals surface area contributed by atoms with Crippen LogP contribution in [-0.2, 0) is 16.6 Å². The van der Waals surface area contributed by atoms with E-state index < -0.39 is 10.0 Å². The van der Waals surface area contributed by atoms with E-state index in [1.54, 1.807) is 13.0 Å². The molecule has 2 rings (SSSR count). The molecule has 0 atom stereocenters. The van der Waals surface area contributed by atoms with Crippen molar-refractivity contribution in [2.45, 2.75) is 25.3 Å². The minimum atomic E-state index is -3.67. The van der Waals surface area contributed by atoms with Gasteiger partial charge in [0, 0.05) is 6.54 Å². The molecule has 112 valence electrons. The van der Waals surface area contributed by atoms with E-state index >= 15 is 0 Å². The number of nitrogens with zero attached hydrogens (tertiary/aromatic N) is 2.